The Labute approximate surface area is 182 Å². The molecular formula is C24H18BrFN2O2. The van der Waals surface area contributed by atoms with Crippen molar-refractivity contribution in [1.82, 2.24) is 0 Å². The Balaban J connectivity index is 1.92. The second-order valence-electron chi connectivity index (χ2n) is 6.50. The Bertz CT molecular complexity index is 1130. The van der Waals surface area contributed by atoms with Gasteiger partial charge in [0.25, 0.3) is 5.91 Å². The number of methoxy groups -OCH3 is 1. The maximum Gasteiger partial charge on any atom is 0.266 e. The summed E-state index contributed by atoms with van der Waals surface area (Å²) in [6.45, 7) is 0. The Morgan fingerprint density at radius 1 is 1.17 bits per heavy atom. The average molecular weight is 465 g/mol. The minimum atomic E-state index is -0.507. The molecule has 0 saturated heterocycles. The van der Waals surface area contributed by atoms with Crippen LogP contribution < -0.4 is 10.1 Å². The molecule has 4 nitrogen and oxygen atoms in total. The van der Waals surface area contributed by atoms with Gasteiger partial charge in [-0.3, -0.25) is 4.79 Å². The number of carbonyl (C=O) groups is 1. The lowest BCUT2D eigenvalue weighted by Gasteiger charge is -2.10. The van der Waals surface area contributed by atoms with E-state index >= 15 is 0 Å². The van der Waals surface area contributed by atoms with Crippen LogP contribution in [0.1, 0.15) is 16.7 Å². The highest BCUT2D eigenvalue weighted by Crippen LogP contribution is 2.24. The number of nitrogens with one attached hydrogen (secondary N) is 1. The number of ether oxygens (including phenoxy) is 1. The van der Waals surface area contributed by atoms with E-state index in [4.69, 9.17) is 4.74 Å². The summed E-state index contributed by atoms with van der Waals surface area (Å²) in [6.07, 6.45) is 1.95. The van der Waals surface area contributed by atoms with Crippen LogP contribution in [0.4, 0.5) is 10.1 Å². The number of benzene rings is 3. The van der Waals surface area contributed by atoms with Crippen LogP contribution in [0.15, 0.2) is 76.8 Å². The number of nitrogens with zero attached hydrogens (tertiary/aromatic N) is 1. The molecule has 0 aliphatic carbocycles. The van der Waals surface area contributed by atoms with Crippen LogP contribution >= 0.6 is 15.9 Å². The number of nitriles is 1. The first-order valence-electron chi connectivity index (χ1n) is 9.08. The monoisotopic (exact) mass is 464 g/mol. The van der Waals surface area contributed by atoms with Gasteiger partial charge in [0.15, 0.2) is 0 Å². The minimum Gasteiger partial charge on any atom is -0.497 e. The van der Waals surface area contributed by atoms with E-state index in [1.165, 1.54) is 18.2 Å². The minimum absolute atomic E-state index is 0.0384. The van der Waals surface area contributed by atoms with E-state index < -0.39 is 5.91 Å². The van der Waals surface area contributed by atoms with Crippen LogP contribution in [0.3, 0.4) is 0 Å². The van der Waals surface area contributed by atoms with E-state index in [0.717, 1.165) is 15.6 Å². The van der Waals surface area contributed by atoms with Crippen molar-refractivity contribution in [3.8, 4) is 11.8 Å². The molecule has 0 aliphatic rings. The first-order valence-corrected chi connectivity index (χ1v) is 9.88. The molecule has 3 rings (SSSR count). The molecule has 0 fully saturated rings. The van der Waals surface area contributed by atoms with Crippen molar-refractivity contribution in [1.29, 1.82) is 5.26 Å². The number of rotatable bonds is 6. The van der Waals surface area contributed by atoms with E-state index in [9.17, 15) is 14.4 Å². The largest absolute Gasteiger partial charge is 0.497 e. The van der Waals surface area contributed by atoms with Crippen molar-refractivity contribution >= 4 is 33.6 Å². The topological polar surface area (TPSA) is 62.1 Å². The second-order valence-corrected chi connectivity index (χ2v) is 7.42. The molecule has 3 aromatic rings. The van der Waals surface area contributed by atoms with Crippen LogP contribution in [-0.2, 0) is 11.2 Å². The SMILES string of the molecule is COc1ccc(/C=C(\C#N)C(=O)Nc2ccc(Br)cc2)c(Cc2cccc(F)c2)c1. The van der Waals surface area contributed by atoms with E-state index in [0.29, 0.717) is 23.4 Å². The zero-order chi connectivity index (χ0) is 21.5. The smallest absolute Gasteiger partial charge is 0.266 e. The molecule has 1 amide bonds. The van der Waals surface area contributed by atoms with Crippen LogP contribution in [0.2, 0.25) is 0 Å². The Morgan fingerprint density at radius 2 is 1.93 bits per heavy atom. The molecule has 0 unspecified atom stereocenters. The third kappa shape index (κ3) is 5.56. The van der Waals surface area contributed by atoms with Crippen molar-refractivity contribution < 1.29 is 13.9 Å². The molecule has 0 atom stereocenters. The molecule has 0 bridgehead atoms. The van der Waals surface area contributed by atoms with Gasteiger partial charge in [-0.2, -0.15) is 5.26 Å². The summed E-state index contributed by atoms with van der Waals surface area (Å²) in [4.78, 5) is 12.6. The van der Waals surface area contributed by atoms with Gasteiger partial charge in [0.2, 0.25) is 0 Å². The molecule has 0 aromatic heterocycles. The van der Waals surface area contributed by atoms with Crippen LogP contribution in [0, 0.1) is 17.1 Å². The van der Waals surface area contributed by atoms with Gasteiger partial charge in [-0.05, 0) is 77.7 Å². The first-order chi connectivity index (χ1) is 14.5. The number of carbonyl (C=O) groups excluding carboxylic acids is 1. The van der Waals surface area contributed by atoms with Crippen molar-refractivity contribution in [2.24, 2.45) is 0 Å². The fourth-order valence-corrected chi connectivity index (χ4v) is 3.17. The summed E-state index contributed by atoms with van der Waals surface area (Å²) in [6, 6.07) is 20.7. The third-order valence-electron chi connectivity index (χ3n) is 4.40. The number of amides is 1. The molecule has 150 valence electrons. The fourth-order valence-electron chi connectivity index (χ4n) is 2.91. The summed E-state index contributed by atoms with van der Waals surface area (Å²) < 4.78 is 19.8. The summed E-state index contributed by atoms with van der Waals surface area (Å²) in [7, 11) is 1.56. The third-order valence-corrected chi connectivity index (χ3v) is 4.93. The van der Waals surface area contributed by atoms with Gasteiger partial charge < -0.3 is 10.1 Å². The molecule has 0 aliphatic heterocycles. The predicted molar refractivity (Wildman–Crippen MR) is 119 cm³/mol. The highest BCUT2D eigenvalue weighted by atomic mass is 79.9. The lowest BCUT2D eigenvalue weighted by molar-refractivity contribution is -0.112. The van der Waals surface area contributed by atoms with Crippen molar-refractivity contribution in [2.75, 3.05) is 12.4 Å². The quantitative estimate of drug-likeness (QED) is 0.374. The Kier molecular flexibility index (Phi) is 6.99. The second kappa shape index (κ2) is 9.86. The standard InChI is InChI=1S/C24H18BrFN2O2/c1-30-23-10-5-17(18(14-23)11-16-3-2-4-21(26)12-16)13-19(15-27)24(29)28-22-8-6-20(25)7-9-22/h2-10,12-14H,11H2,1H3,(H,28,29)/b19-13+. The molecule has 0 heterocycles. The summed E-state index contributed by atoms with van der Waals surface area (Å²) in [5, 5.41) is 12.3. The van der Waals surface area contributed by atoms with E-state index in [2.05, 4.69) is 21.2 Å². The van der Waals surface area contributed by atoms with Crippen molar-refractivity contribution in [2.45, 2.75) is 6.42 Å². The maximum absolute atomic E-state index is 13.6. The molecular weight excluding hydrogens is 447 g/mol. The van der Waals surface area contributed by atoms with Gasteiger partial charge in [-0.25, -0.2) is 4.39 Å². The summed E-state index contributed by atoms with van der Waals surface area (Å²) >= 11 is 3.34. The molecule has 0 radical (unpaired) electrons. The molecule has 1 N–H and O–H groups in total. The molecule has 30 heavy (non-hydrogen) atoms. The van der Waals surface area contributed by atoms with Crippen LogP contribution in [0.25, 0.3) is 6.08 Å². The Hall–Kier alpha value is -3.43. The van der Waals surface area contributed by atoms with E-state index in [1.807, 2.05) is 18.2 Å². The lowest BCUT2D eigenvalue weighted by Crippen LogP contribution is -2.13. The molecule has 3 aromatic carbocycles. The van der Waals surface area contributed by atoms with Gasteiger partial charge in [-0.15, -0.1) is 0 Å². The number of hydrogen-bond acceptors (Lipinski definition) is 3. The van der Waals surface area contributed by atoms with Gasteiger partial charge in [0.1, 0.15) is 23.2 Å². The van der Waals surface area contributed by atoms with Crippen LogP contribution in [0.5, 0.6) is 5.75 Å². The van der Waals surface area contributed by atoms with Crippen molar-refractivity contribution in [3.05, 3.63) is 99.3 Å². The number of anilines is 1. The molecule has 0 spiro atoms. The van der Waals surface area contributed by atoms with E-state index in [-0.39, 0.29) is 11.4 Å². The number of halogens is 2. The highest BCUT2D eigenvalue weighted by molar-refractivity contribution is 9.10. The first kappa shape index (κ1) is 21.3. The average Bonchev–Trinajstić information content (AvgIpc) is 2.74. The zero-order valence-corrected chi connectivity index (χ0v) is 17.7. The Morgan fingerprint density at radius 3 is 2.60 bits per heavy atom. The van der Waals surface area contributed by atoms with Crippen LogP contribution in [-0.4, -0.2) is 13.0 Å². The predicted octanol–water partition coefficient (Wildman–Crippen LogP) is 5.73. The zero-order valence-electron chi connectivity index (χ0n) is 16.2. The maximum atomic E-state index is 13.6. The van der Waals surface area contributed by atoms with Gasteiger partial charge in [0, 0.05) is 10.2 Å². The normalized spacial score (nSPS) is 10.9. The highest BCUT2D eigenvalue weighted by Gasteiger charge is 2.12. The summed E-state index contributed by atoms with van der Waals surface area (Å²) in [5.41, 5.74) is 2.81. The number of hydrogen-bond donors (Lipinski definition) is 1. The molecule has 6 heteroatoms. The van der Waals surface area contributed by atoms with Crippen molar-refractivity contribution in [3.63, 3.8) is 0 Å². The fraction of sp³-hybridized carbons (Fsp3) is 0.0833. The lowest BCUT2D eigenvalue weighted by atomic mass is 9.97. The van der Waals surface area contributed by atoms with Gasteiger partial charge >= 0.3 is 0 Å². The summed E-state index contributed by atoms with van der Waals surface area (Å²) in [5.74, 6) is -0.192. The van der Waals surface area contributed by atoms with Gasteiger partial charge in [0.05, 0.1) is 7.11 Å². The van der Waals surface area contributed by atoms with Gasteiger partial charge in [-0.1, -0.05) is 34.1 Å². The van der Waals surface area contributed by atoms with E-state index in [1.54, 1.807) is 49.6 Å². The molecule has 0 saturated carbocycles.